The van der Waals surface area contributed by atoms with Crippen molar-refractivity contribution in [3.63, 3.8) is 0 Å². The standard InChI is InChI=1S/C18H18N2O6S5/c1-29(21,22)19-10-2-5-14-8-9-15(13-16(14)19)20(30(23,24)17-6-3-11-27-17)31(25,26)18-7-4-12-28-18/h3-4,6-9,11-13H,2,5,10H2,1H3. The SMILES string of the molecule is CS(=O)(=O)N1CCCc2ccc(N(S(=O)(=O)c3cccs3)S(=O)(=O)c3cccs3)cc21. The minimum Gasteiger partial charge on any atom is -0.270 e. The van der Waals surface area contributed by atoms with Crippen LogP contribution in [-0.4, -0.2) is 38.1 Å². The molecule has 0 N–H and O–H groups in total. The molecule has 0 bridgehead atoms. The van der Waals surface area contributed by atoms with Gasteiger partial charge in [0.25, 0.3) is 20.0 Å². The zero-order valence-electron chi connectivity index (χ0n) is 16.2. The Kier molecular flexibility index (Phi) is 5.67. The van der Waals surface area contributed by atoms with Gasteiger partial charge in [0.05, 0.1) is 17.6 Å². The van der Waals surface area contributed by atoms with Crippen LogP contribution in [0.2, 0.25) is 0 Å². The van der Waals surface area contributed by atoms with Gasteiger partial charge in [0, 0.05) is 6.54 Å². The molecule has 1 aromatic carbocycles. The summed E-state index contributed by atoms with van der Waals surface area (Å²) in [6.45, 7) is 0.241. The summed E-state index contributed by atoms with van der Waals surface area (Å²) in [5.74, 6) is 0. The van der Waals surface area contributed by atoms with Crippen molar-refractivity contribution in [2.45, 2.75) is 21.3 Å². The van der Waals surface area contributed by atoms with E-state index in [0.717, 1.165) is 28.9 Å². The van der Waals surface area contributed by atoms with Crippen LogP contribution in [0.15, 0.2) is 61.6 Å². The molecule has 4 rings (SSSR count). The number of rotatable bonds is 6. The number of hydrogen-bond donors (Lipinski definition) is 0. The predicted molar refractivity (Wildman–Crippen MR) is 122 cm³/mol. The number of anilines is 2. The van der Waals surface area contributed by atoms with E-state index in [4.69, 9.17) is 0 Å². The summed E-state index contributed by atoms with van der Waals surface area (Å²) in [7, 11) is -12.6. The van der Waals surface area contributed by atoms with Gasteiger partial charge in [-0.15, -0.1) is 22.7 Å². The Morgan fingerprint density at radius 1 is 0.871 bits per heavy atom. The van der Waals surface area contributed by atoms with E-state index in [2.05, 4.69) is 0 Å². The number of benzene rings is 1. The van der Waals surface area contributed by atoms with Gasteiger partial charge in [0.1, 0.15) is 8.42 Å². The van der Waals surface area contributed by atoms with Crippen molar-refractivity contribution in [3.05, 3.63) is 58.8 Å². The summed E-state index contributed by atoms with van der Waals surface area (Å²) >= 11 is 1.81. The fourth-order valence-corrected chi connectivity index (χ4v) is 10.4. The summed E-state index contributed by atoms with van der Waals surface area (Å²) < 4.78 is 79.5. The number of aryl methyl sites for hydroxylation is 1. The fraction of sp³-hybridized carbons (Fsp3) is 0.222. The molecule has 31 heavy (non-hydrogen) atoms. The molecule has 2 aromatic heterocycles. The van der Waals surface area contributed by atoms with Gasteiger partial charge in [-0.3, -0.25) is 4.31 Å². The van der Waals surface area contributed by atoms with Crippen molar-refractivity contribution in [1.82, 2.24) is 0 Å². The molecule has 1 aliphatic rings. The van der Waals surface area contributed by atoms with E-state index in [9.17, 15) is 25.3 Å². The molecular weight excluding hydrogens is 501 g/mol. The van der Waals surface area contributed by atoms with Crippen molar-refractivity contribution >= 4 is 64.1 Å². The lowest BCUT2D eigenvalue weighted by Gasteiger charge is -2.31. The van der Waals surface area contributed by atoms with E-state index in [0.29, 0.717) is 27.8 Å². The van der Waals surface area contributed by atoms with Gasteiger partial charge < -0.3 is 0 Å². The summed E-state index contributed by atoms with van der Waals surface area (Å²) in [4.78, 5) is 0. The van der Waals surface area contributed by atoms with Crippen LogP contribution in [0.5, 0.6) is 0 Å². The maximum Gasteiger partial charge on any atom is 0.287 e. The highest BCUT2D eigenvalue weighted by Gasteiger charge is 2.39. The summed E-state index contributed by atoms with van der Waals surface area (Å²) in [5, 5.41) is 3.09. The Morgan fingerprint density at radius 2 is 1.45 bits per heavy atom. The smallest absolute Gasteiger partial charge is 0.270 e. The first kappa shape index (κ1) is 22.3. The third kappa shape index (κ3) is 4.00. The number of nitrogens with zero attached hydrogens (tertiary/aromatic N) is 2. The van der Waals surface area contributed by atoms with Crippen LogP contribution in [0.1, 0.15) is 12.0 Å². The second-order valence-electron chi connectivity index (χ2n) is 6.82. The molecule has 166 valence electrons. The van der Waals surface area contributed by atoms with E-state index < -0.39 is 30.1 Å². The van der Waals surface area contributed by atoms with E-state index in [-0.39, 0.29) is 20.7 Å². The number of sulfonamides is 3. The molecule has 0 atom stereocenters. The third-order valence-corrected chi connectivity index (χ3v) is 12.8. The molecule has 0 aliphatic carbocycles. The Labute approximate surface area is 189 Å². The maximum absolute atomic E-state index is 13.4. The van der Waals surface area contributed by atoms with Crippen molar-refractivity contribution < 1.29 is 25.3 Å². The van der Waals surface area contributed by atoms with E-state index in [1.807, 2.05) is 0 Å². The molecule has 0 amide bonds. The largest absolute Gasteiger partial charge is 0.287 e. The highest BCUT2D eigenvalue weighted by molar-refractivity contribution is 8.11. The van der Waals surface area contributed by atoms with Crippen molar-refractivity contribution in [1.29, 1.82) is 0 Å². The van der Waals surface area contributed by atoms with Gasteiger partial charge >= 0.3 is 0 Å². The molecule has 0 saturated heterocycles. The average molecular weight is 519 g/mol. The normalized spacial score (nSPS) is 14.9. The van der Waals surface area contributed by atoms with Gasteiger partial charge in [-0.1, -0.05) is 18.2 Å². The van der Waals surface area contributed by atoms with E-state index in [1.54, 1.807) is 16.8 Å². The molecule has 0 saturated carbocycles. The minimum absolute atomic E-state index is 0.134. The van der Waals surface area contributed by atoms with Gasteiger partial charge in [0.2, 0.25) is 10.0 Å². The zero-order valence-corrected chi connectivity index (χ0v) is 20.3. The molecule has 0 spiro atoms. The van der Waals surface area contributed by atoms with Gasteiger partial charge in [-0.05, 0) is 53.4 Å². The second-order valence-corrected chi connectivity index (χ2v) is 14.9. The lowest BCUT2D eigenvalue weighted by molar-refractivity contribution is 0.586. The van der Waals surface area contributed by atoms with Gasteiger partial charge in [0.15, 0.2) is 0 Å². The maximum atomic E-state index is 13.4. The molecule has 0 radical (unpaired) electrons. The lowest BCUT2D eigenvalue weighted by Crippen LogP contribution is -2.37. The van der Waals surface area contributed by atoms with Gasteiger partial charge in [-0.2, -0.15) is 20.5 Å². The zero-order chi connectivity index (χ0) is 22.4. The Balaban J connectivity index is 1.96. The Bertz CT molecular complexity index is 1350. The van der Waals surface area contributed by atoms with E-state index in [1.165, 1.54) is 40.7 Å². The van der Waals surface area contributed by atoms with Crippen LogP contribution in [0.4, 0.5) is 11.4 Å². The fourth-order valence-electron chi connectivity index (χ4n) is 3.38. The first-order valence-corrected chi connectivity index (χ1v) is 15.5. The van der Waals surface area contributed by atoms with Crippen LogP contribution in [0.25, 0.3) is 0 Å². The van der Waals surface area contributed by atoms with Gasteiger partial charge in [-0.25, -0.2) is 8.42 Å². The van der Waals surface area contributed by atoms with Crippen LogP contribution in [0, 0.1) is 0 Å². The molecular formula is C18H18N2O6S5. The third-order valence-electron chi connectivity index (χ3n) is 4.69. The molecule has 0 fully saturated rings. The van der Waals surface area contributed by atoms with Crippen molar-refractivity contribution in [3.8, 4) is 0 Å². The second kappa shape index (κ2) is 7.89. The van der Waals surface area contributed by atoms with Crippen LogP contribution >= 0.6 is 22.7 Å². The molecule has 1 aliphatic heterocycles. The average Bonchev–Trinajstić information content (AvgIpc) is 3.40. The number of hydrogen-bond acceptors (Lipinski definition) is 8. The van der Waals surface area contributed by atoms with Crippen molar-refractivity contribution in [2.75, 3.05) is 20.8 Å². The summed E-state index contributed by atoms with van der Waals surface area (Å²) in [6, 6.07) is 10.0. The monoisotopic (exact) mass is 518 g/mol. The van der Waals surface area contributed by atoms with Crippen LogP contribution in [0.3, 0.4) is 0 Å². The van der Waals surface area contributed by atoms with E-state index >= 15 is 0 Å². The summed E-state index contributed by atoms with van der Waals surface area (Å²) in [6.07, 6.45) is 2.29. The molecule has 8 nitrogen and oxygen atoms in total. The lowest BCUT2D eigenvalue weighted by atomic mass is 10.0. The first-order chi connectivity index (χ1) is 14.5. The quantitative estimate of drug-likeness (QED) is 0.496. The highest BCUT2D eigenvalue weighted by Crippen LogP contribution is 2.38. The highest BCUT2D eigenvalue weighted by atomic mass is 32.3. The Morgan fingerprint density at radius 3 is 1.94 bits per heavy atom. The first-order valence-electron chi connectivity index (χ1n) is 9.01. The van der Waals surface area contributed by atoms with Crippen molar-refractivity contribution in [2.24, 2.45) is 0 Å². The molecule has 0 unspecified atom stereocenters. The summed E-state index contributed by atoms with van der Waals surface area (Å²) in [5.41, 5.74) is 0.859. The Hall–Kier alpha value is -1.93. The predicted octanol–water partition coefficient (Wildman–Crippen LogP) is 3.11. The molecule has 3 aromatic rings. The molecule has 13 heteroatoms. The van der Waals surface area contributed by atoms with Crippen LogP contribution < -0.4 is 8.02 Å². The minimum atomic E-state index is -4.47. The topological polar surface area (TPSA) is 109 Å². The molecule has 3 heterocycles. The van der Waals surface area contributed by atoms with Crippen LogP contribution in [-0.2, 0) is 36.5 Å². The number of fused-ring (bicyclic) bond motifs is 1. The number of thiophene rings is 2.